The van der Waals surface area contributed by atoms with E-state index >= 15 is 0 Å². The van der Waals surface area contributed by atoms with Crippen LogP contribution in [0.4, 0.5) is 0 Å². The fraction of sp³-hybridized carbons (Fsp3) is 0.333. The number of halogens is 1. The summed E-state index contributed by atoms with van der Waals surface area (Å²) < 4.78 is 5.73. The van der Waals surface area contributed by atoms with Crippen molar-refractivity contribution in [1.82, 2.24) is 9.88 Å². The summed E-state index contributed by atoms with van der Waals surface area (Å²) in [6.45, 7) is 8.31. The minimum atomic E-state index is -0.0276. The number of benzene rings is 1. The number of carbonyl (C=O) groups is 1. The number of methoxy groups -OCH3 is 1. The van der Waals surface area contributed by atoms with E-state index in [1.54, 1.807) is 13.2 Å². The first-order chi connectivity index (χ1) is 17.5. The zero-order chi connectivity index (χ0) is 25.7. The van der Waals surface area contributed by atoms with Gasteiger partial charge in [-0.25, -0.2) is 0 Å². The summed E-state index contributed by atoms with van der Waals surface area (Å²) in [6.07, 6.45) is 13.0. The zero-order valence-corrected chi connectivity index (χ0v) is 22.8. The molecular formula is C30H33ClN2O2S. The number of carbonyl (C=O) groups excluding carboxylic acids is 1. The average molecular weight is 521 g/mol. The van der Waals surface area contributed by atoms with E-state index in [9.17, 15) is 4.79 Å². The molecule has 1 aromatic carbocycles. The van der Waals surface area contributed by atoms with Gasteiger partial charge in [0.15, 0.2) is 0 Å². The van der Waals surface area contributed by atoms with E-state index in [4.69, 9.17) is 16.3 Å². The van der Waals surface area contributed by atoms with E-state index in [2.05, 4.69) is 23.7 Å². The molecule has 2 heterocycles. The Morgan fingerprint density at radius 1 is 1.22 bits per heavy atom. The first-order valence-electron chi connectivity index (χ1n) is 12.4. The molecular weight excluding hydrogens is 488 g/mol. The summed E-state index contributed by atoms with van der Waals surface area (Å²) >= 11 is 8.19. The molecule has 1 aliphatic rings. The number of thiophene rings is 1. The maximum Gasteiger partial charge on any atom is 0.266 e. The minimum Gasteiger partial charge on any atom is -0.496 e. The SMILES string of the molecule is C=Cc1c(/C=C\C)sc(C(=O)N(Cc2cc(-c3ccc(C)nc3)ccc2OC)C2CCCCC2)c1Cl. The molecule has 0 N–H and O–H groups in total. The Labute approximate surface area is 223 Å². The molecule has 0 saturated heterocycles. The highest BCUT2D eigenvalue weighted by atomic mass is 35.5. The lowest BCUT2D eigenvalue weighted by Gasteiger charge is -2.34. The van der Waals surface area contributed by atoms with Crippen LogP contribution in [0.3, 0.4) is 0 Å². The van der Waals surface area contributed by atoms with Crippen molar-refractivity contribution in [1.29, 1.82) is 0 Å². The van der Waals surface area contributed by atoms with Gasteiger partial charge in [-0.1, -0.05) is 61.7 Å². The van der Waals surface area contributed by atoms with Gasteiger partial charge in [-0.05, 0) is 56.5 Å². The van der Waals surface area contributed by atoms with Crippen LogP contribution in [0.15, 0.2) is 49.2 Å². The molecule has 3 aromatic rings. The molecule has 1 saturated carbocycles. The van der Waals surface area contributed by atoms with Crippen LogP contribution in [-0.2, 0) is 6.54 Å². The number of rotatable bonds is 8. The number of hydrogen-bond acceptors (Lipinski definition) is 4. The molecule has 0 radical (unpaired) electrons. The van der Waals surface area contributed by atoms with E-state index in [1.807, 2.05) is 55.3 Å². The Morgan fingerprint density at radius 2 is 1.97 bits per heavy atom. The van der Waals surface area contributed by atoms with Gasteiger partial charge in [-0.3, -0.25) is 9.78 Å². The van der Waals surface area contributed by atoms with Crippen LogP contribution in [0.2, 0.25) is 5.02 Å². The van der Waals surface area contributed by atoms with Crippen molar-refractivity contribution in [2.24, 2.45) is 0 Å². The molecule has 2 aromatic heterocycles. The quantitative estimate of drug-likeness (QED) is 0.299. The zero-order valence-electron chi connectivity index (χ0n) is 21.2. The van der Waals surface area contributed by atoms with E-state index < -0.39 is 0 Å². The predicted octanol–water partition coefficient (Wildman–Crippen LogP) is 8.43. The summed E-state index contributed by atoms with van der Waals surface area (Å²) in [5.74, 6) is 0.742. The Balaban J connectivity index is 1.74. The second-order valence-corrected chi connectivity index (χ2v) is 10.6. The molecule has 6 heteroatoms. The Kier molecular flexibility index (Phi) is 8.65. The molecule has 4 nitrogen and oxygen atoms in total. The second-order valence-electron chi connectivity index (χ2n) is 9.17. The van der Waals surface area contributed by atoms with Crippen LogP contribution in [-0.4, -0.2) is 28.9 Å². The molecule has 188 valence electrons. The van der Waals surface area contributed by atoms with Crippen molar-refractivity contribution >= 4 is 41.0 Å². The number of ether oxygens (including phenoxy) is 1. The first-order valence-corrected chi connectivity index (χ1v) is 13.6. The van der Waals surface area contributed by atoms with Crippen LogP contribution in [0.25, 0.3) is 23.3 Å². The van der Waals surface area contributed by atoms with Crippen LogP contribution in [0.5, 0.6) is 5.75 Å². The number of pyridine rings is 1. The topological polar surface area (TPSA) is 42.4 Å². The summed E-state index contributed by atoms with van der Waals surface area (Å²) in [6, 6.07) is 10.4. The highest BCUT2D eigenvalue weighted by molar-refractivity contribution is 7.15. The van der Waals surface area contributed by atoms with Crippen molar-refractivity contribution in [3.8, 4) is 16.9 Å². The largest absolute Gasteiger partial charge is 0.496 e. The van der Waals surface area contributed by atoms with Gasteiger partial charge in [-0.2, -0.15) is 0 Å². The van der Waals surface area contributed by atoms with Crippen LogP contribution in [0.1, 0.15) is 70.4 Å². The number of allylic oxidation sites excluding steroid dienone is 1. The maximum absolute atomic E-state index is 14.1. The van der Waals surface area contributed by atoms with E-state index in [1.165, 1.54) is 17.8 Å². The molecule has 0 unspecified atom stereocenters. The lowest BCUT2D eigenvalue weighted by Crippen LogP contribution is -2.40. The van der Waals surface area contributed by atoms with Crippen molar-refractivity contribution in [2.75, 3.05) is 7.11 Å². The van der Waals surface area contributed by atoms with Gasteiger partial charge in [0, 0.05) is 46.0 Å². The van der Waals surface area contributed by atoms with E-state index in [-0.39, 0.29) is 11.9 Å². The third-order valence-corrected chi connectivity index (χ3v) is 8.44. The number of nitrogens with zero attached hydrogens (tertiary/aromatic N) is 2. The maximum atomic E-state index is 14.1. The molecule has 4 rings (SSSR count). The average Bonchev–Trinajstić information content (AvgIpc) is 3.22. The fourth-order valence-electron chi connectivity index (χ4n) is 4.84. The fourth-order valence-corrected chi connectivity index (χ4v) is 6.39. The van der Waals surface area contributed by atoms with Gasteiger partial charge in [0.1, 0.15) is 10.6 Å². The molecule has 0 atom stereocenters. The Morgan fingerprint density at radius 3 is 2.61 bits per heavy atom. The standard InChI is InChI=1S/C30H33ClN2O2S/c1-5-10-27-25(6-2)28(31)29(36-27)30(34)33(24-11-8-7-9-12-24)19-23-17-21(15-16-26(23)35-4)22-14-13-20(3)32-18-22/h5-6,10,13-18,24H,2,7-9,11-12,19H2,1,3-4H3/b10-5-. The van der Waals surface area contributed by atoms with Gasteiger partial charge in [-0.15, -0.1) is 11.3 Å². The van der Waals surface area contributed by atoms with Crippen molar-refractivity contribution in [3.63, 3.8) is 0 Å². The molecule has 1 amide bonds. The Hall–Kier alpha value is -2.89. The minimum absolute atomic E-state index is 0.0276. The number of amides is 1. The van der Waals surface area contributed by atoms with Gasteiger partial charge in [0.05, 0.1) is 12.1 Å². The van der Waals surface area contributed by atoms with Gasteiger partial charge >= 0.3 is 0 Å². The summed E-state index contributed by atoms with van der Waals surface area (Å²) in [5, 5.41) is 0.486. The predicted molar refractivity (Wildman–Crippen MR) is 152 cm³/mol. The summed E-state index contributed by atoms with van der Waals surface area (Å²) in [7, 11) is 1.68. The van der Waals surface area contributed by atoms with E-state index in [0.717, 1.165) is 64.3 Å². The first kappa shape index (κ1) is 26.2. The van der Waals surface area contributed by atoms with E-state index in [0.29, 0.717) is 16.4 Å². The van der Waals surface area contributed by atoms with Crippen molar-refractivity contribution in [3.05, 3.63) is 80.8 Å². The third-order valence-electron chi connectivity index (χ3n) is 6.77. The Bertz CT molecular complexity index is 1260. The smallest absolute Gasteiger partial charge is 0.266 e. The highest BCUT2D eigenvalue weighted by Crippen LogP contribution is 2.38. The lowest BCUT2D eigenvalue weighted by molar-refractivity contribution is 0.0618. The third kappa shape index (κ3) is 5.58. The molecule has 0 bridgehead atoms. The van der Waals surface area contributed by atoms with Crippen LogP contribution < -0.4 is 4.74 Å². The number of aromatic nitrogens is 1. The lowest BCUT2D eigenvalue weighted by atomic mass is 9.93. The molecule has 0 spiro atoms. The molecule has 1 fully saturated rings. The van der Waals surface area contributed by atoms with Gasteiger partial charge in [0.25, 0.3) is 5.91 Å². The van der Waals surface area contributed by atoms with Crippen molar-refractivity contribution in [2.45, 2.75) is 58.5 Å². The van der Waals surface area contributed by atoms with Crippen molar-refractivity contribution < 1.29 is 9.53 Å². The monoisotopic (exact) mass is 520 g/mol. The number of aryl methyl sites for hydroxylation is 1. The van der Waals surface area contributed by atoms with Gasteiger partial charge < -0.3 is 9.64 Å². The molecule has 0 aliphatic heterocycles. The number of hydrogen-bond donors (Lipinski definition) is 0. The van der Waals surface area contributed by atoms with Crippen LogP contribution >= 0.6 is 22.9 Å². The molecule has 36 heavy (non-hydrogen) atoms. The highest BCUT2D eigenvalue weighted by Gasteiger charge is 2.31. The molecule has 1 aliphatic carbocycles. The second kappa shape index (κ2) is 11.9. The summed E-state index contributed by atoms with van der Waals surface area (Å²) in [4.78, 5) is 22.1. The van der Waals surface area contributed by atoms with Gasteiger partial charge in [0.2, 0.25) is 0 Å². The van der Waals surface area contributed by atoms with Crippen LogP contribution in [0, 0.1) is 6.92 Å². The normalized spacial score (nSPS) is 14.2. The summed E-state index contributed by atoms with van der Waals surface area (Å²) in [5.41, 5.74) is 4.85.